The average molecular weight is 279 g/mol. The van der Waals surface area contributed by atoms with Crippen LogP contribution in [0.5, 0.6) is 11.5 Å². The molecule has 1 aliphatic rings. The number of benzene rings is 1. The van der Waals surface area contributed by atoms with Gasteiger partial charge in [0.05, 0.1) is 18.8 Å². The minimum Gasteiger partial charge on any atom is -0.490 e. The number of carbonyl (C=O) groups is 1. The van der Waals surface area contributed by atoms with Crippen LogP contribution in [-0.4, -0.2) is 36.4 Å². The summed E-state index contributed by atoms with van der Waals surface area (Å²) in [6.07, 6.45) is 1.41. The molecule has 1 aromatic carbocycles. The smallest absolute Gasteiger partial charge is 0.251 e. The molecule has 20 heavy (non-hydrogen) atoms. The van der Waals surface area contributed by atoms with Crippen LogP contribution >= 0.6 is 0 Å². The van der Waals surface area contributed by atoms with Crippen LogP contribution in [0.15, 0.2) is 18.2 Å². The molecule has 1 atom stereocenters. The third kappa shape index (κ3) is 3.63. The van der Waals surface area contributed by atoms with E-state index in [-0.39, 0.29) is 12.5 Å². The molecule has 1 heterocycles. The lowest BCUT2D eigenvalue weighted by molar-refractivity contribution is 0.0518. The molecule has 1 amide bonds. The first-order valence-corrected chi connectivity index (χ1v) is 6.92. The Bertz CT molecular complexity index is 485. The van der Waals surface area contributed by atoms with Crippen LogP contribution in [0, 0.1) is 0 Å². The number of fused-ring (bicyclic) bond motifs is 1. The van der Waals surface area contributed by atoms with Crippen LogP contribution in [-0.2, 0) is 0 Å². The van der Waals surface area contributed by atoms with Crippen molar-refractivity contribution in [2.45, 2.75) is 32.3 Å². The van der Waals surface area contributed by atoms with Crippen LogP contribution in [0.2, 0.25) is 0 Å². The molecule has 5 heteroatoms. The molecule has 0 saturated heterocycles. The summed E-state index contributed by atoms with van der Waals surface area (Å²) in [5.41, 5.74) is -0.387. The van der Waals surface area contributed by atoms with Crippen molar-refractivity contribution < 1.29 is 19.4 Å². The van der Waals surface area contributed by atoms with Gasteiger partial charge in [0, 0.05) is 18.5 Å². The first-order valence-electron chi connectivity index (χ1n) is 6.92. The maximum absolute atomic E-state index is 12.1. The number of ether oxygens (including phenoxy) is 2. The fourth-order valence-corrected chi connectivity index (χ4v) is 1.80. The Morgan fingerprint density at radius 1 is 1.35 bits per heavy atom. The van der Waals surface area contributed by atoms with E-state index in [1.807, 2.05) is 6.92 Å². The second-order valence-electron chi connectivity index (χ2n) is 5.25. The Kier molecular flexibility index (Phi) is 4.49. The van der Waals surface area contributed by atoms with E-state index in [1.165, 1.54) is 0 Å². The van der Waals surface area contributed by atoms with Gasteiger partial charge < -0.3 is 19.9 Å². The lowest BCUT2D eigenvalue weighted by Crippen LogP contribution is -2.40. The fraction of sp³-hybridized carbons (Fsp3) is 0.533. The molecule has 2 N–H and O–H groups in total. The zero-order chi connectivity index (χ0) is 14.6. The summed E-state index contributed by atoms with van der Waals surface area (Å²) in [6.45, 7) is 5.00. The third-order valence-electron chi connectivity index (χ3n) is 3.40. The van der Waals surface area contributed by atoms with E-state index in [0.29, 0.717) is 36.7 Å². The first-order chi connectivity index (χ1) is 9.52. The number of aliphatic hydroxyl groups is 1. The molecule has 1 unspecified atom stereocenters. The lowest BCUT2D eigenvalue weighted by Gasteiger charge is -2.21. The summed E-state index contributed by atoms with van der Waals surface area (Å²) in [6, 6.07) is 5.12. The third-order valence-corrected chi connectivity index (χ3v) is 3.40. The highest BCUT2D eigenvalue weighted by Gasteiger charge is 2.20. The molecule has 1 aromatic rings. The van der Waals surface area contributed by atoms with Gasteiger partial charge in [0.15, 0.2) is 11.5 Å². The van der Waals surface area contributed by atoms with Crippen LogP contribution in [0.3, 0.4) is 0 Å². The van der Waals surface area contributed by atoms with Crippen molar-refractivity contribution in [2.24, 2.45) is 0 Å². The summed E-state index contributed by atoms with van der Waals surface area (Å²) in [5, 5.41) is 12.6. The van der Waals surface area contributed by atoms with Gasteiger partial charge in [-0.15, -0.1) is 0 Å². The predicted octanol–water partition coefficient (Wildman–Crippen LogP) is 1.74. The Labute approximate surface area is 118 Å². The molecule has 0 fully saturated rings. The Morgan fingerprint density at radius 2 is 2.05 bits per heavy atom. The van der Waals surface area contributed by atoms with E-state index < -0.39 is 5.60 Å². The van der Waals surface area contributed by atoms with Gasteiger partial charge in [0.25, 0.3) is 5.91 Å². The zero-order valence-corrected chi connectivity index (χ0v) is 11.9. The molecule has 110 valence electrons. The molecule has 5 nitrogen and oxygen atoms in total. The van der Waals surface area contributed by atoms with Crippen molar-refractivity contribution in [1.82, 2.24) is 5.32 Å². The van der Waals surface area contributed by atoms with Crippen molar-refractivity contribution >= 4 is 5.91 Å². The minimum absolute atomic E-state index is 0.219. The van der Waals surface area contributed by atoms with Gasteiger partial charge in [-0.05, 0) is 31.5 Å². The first kappa shape index (κ1) is 14.7. The number of hydrogen-bond acceptors (Lipinski definition) is 4. The van der Waals surface area contributed by atoms with E-state index in [9.17, 15) is 9.90 Å². The van der Waals surface area contributed by atoms with E-state index in [4.69, 9.17) is 9.47 Å². The number of nitrogens with one attached hydrogen (secondary N) is 1. The number of rotatable bonds is 4. The van der Waals surface area contributed by atoms with E-state index >= 15 is 0 Å². The van der Waals surface area contributed by atoms with Gasteiger partial charge in [-0.2, -0.15) is 0 Å². The highest BCUT2D eigenvalue weighted by Crippen LogP contribution is 2.30. The number of hydrogen-bond donors (Lipinski definition) is 2. The SMILES string of the molecule is CCC(C)(O)CNC(=O)c1ccc2c(c1)OCCCO2. The summed E-state index contributed by atoms with van der Waals surface area (Å²) in [4.78, 5) is 12.1. The van der Waals surface area contributed by atoms with Gasteiger partial charge in [0.2, 0.25) is 0 Å². The standard InChI is InChI=1S/C15H21NO4/c1-3-15(2,18)10-16-14(17)11-5-6-12-13(9-11)20-8-4-7-19-12/h5-6,9,18H,3-4,7-8,10H2,1-2H3,(H,16,17). The number of amides is 1. The average Bonchev–Trinajstić information content (AvgIpc) is 2.69. The highest BCUT2D eigenvalue weighted by atomic mass is 16.5. The molecular formula is C15H21NO4. The highest BCUT2D eigenvalue weighted by molar-refractivity contribution is 5.94. The fourth-order valence-electron chi connectivity index (χ4n) is 1.80. The molecule has 1 aliphatic heterocycles. The Hall–Kier alpha value is -1.75. The van der Waals surface area contributed by atoms with E-state index in [0.717, 1.165) is 6.42 Å². The normalized spacial score (nSPS) is 16.9. The van der Waals surface area contributed by atoms with Crippen molar-refractivity contribution in [3.05, 3.63) is 23.8 Å². The van der Waals surface area contributed by atoms with Crippen molar-refractivity contribution in [1.29, 1.82) is 0 Å². The lowest BCUT2D eigenvalue weighted by atomic mass is 10.0. The van der Waals surface area contributed by atoms with Gasteiger partial charge in [-0.3, -0.25) is 4.79 Å². The molecule has 2 rings (SSSR count). The monoisotopic (exact) mass is 279 g/mol. The van der Waals surface area contributed by atoms with Gasteiger partial charge >= 0.3 is 0 Å². The molecule has 0 bridgehead atoms. The predicted molar refractivity (Wildman–Crippen MR) is 75.3 cm³/mol. The van der Waals surface area contributed by atoms with Gasteiger partial charge in [-0.25, -0.2) is 0 Å². The largest absolute Gasteiger partial charge is 0.490 e. The molecule has 0 aromatic heterocycles. The molecule has 0 radical (unpaired) electrons. The maximum atomic E-state index is 12.1. The Morgan fingerprint density at radius 3 is 2.75 bits per heavy atom. The topological polar surface area (TPSA) is 67.8 Å². The molecule has 0 saturated carbocycles. The molecular weight excluding hydrogens is 258 g/mol. The summed E-state index contributed by atoms with van der Waals surface area (Å²) < 4.78 is 11.1. The molecule has 0 spiro atoms. The maximum Gasteiger partial charge on any atom is 0.251 e. The van der Waals surface area contributed by atoms with Crippen LogP contribution in [0.4, 0.5) is 0 Å². The summed E-state index contributed by atoms with van der Waals surface area (Å²) in [7, 11) is 0. The van der Waals surface area contributed by atoms with E-state index in [2.05, 4.69) is 5.32 Å². The molecule has 0 aliphatic carbocycles. The number of carbonyl (C=O) groups excluding carboxylic acids is 1. The second-order valence-corrected chi connectivity index (χ2v) is 5.25. The van der Waals surface area contributed by atoms with Crippen molar-refractivity contribution in [3.63, 3.8) is 0 Å². The van der Waals surface area contributed by atoms with Crippen LogP contribution in [0.25, 0.3) is 0 Å². The zero-order valence-electron chi connectivity index (χ0n) is 11.9. The Balaban J connectivity index is 2.05. The van der Waals surface area contributed by atoms with Crippen molar-refractivity contribution in [3.8, 4) is 11.5 Å². The minimum atomic E-state index is -0.888. The van der Waals surface area contributed by atoms with Gasteiger partial charge in [0.1, 0.15) is 0 Å². The summed E-state index contributed by atoms with van der Waals surface area (Å²) in [5.74, 6) is 1.03. The van der Waals surface area contributed by atoms with Crippen molar-refractivity contribution in [2.75, 3.05) is 19.8 Å². The van der Waals surface area contributed by atoms with E-state index in [1.54, 1.807) is 25.1 Å². The van der Waals surface area contributed by atoms with Crippen LogP contribution < -0.4 is 14.8 Å². The van der Waals surface area contributed by atoms with Crippen LogP contribution in [0.1, 0.15) is 37.0 Å². The van der Waals surface area contributed by atoms with Gasteiger partial charge in [-0.1, -0.05) is 6.92 Å². The summed E-state index contributed by atoms with van der Waals surface area (Å²) >= 11 is 0. The second kappa shape index (κ2) is 6.13. The quantitative estimate of drug-likeness (QED) is 0.881.